The van der Waals surface area contributed by atoms with Crippen molar-refractivity contribution in [2.75, 3.05) is 5.73 Å². The number of anilines is 1. The second-order valence-electron chi connectivity index (χ2n) is 4.26. The highest BCUT2D eigenvalue weighted by molar-refractivity contribution is 9.10. The van der Waals surface area contributed by atoms with Gasteiger partial charge in [0.2, 0.25) is 0 Å². The third-order valence-corrected chi connectivity index (χ3v) is 3.36. The van der Waals surface area contributed by atoms with Crippen molar-refractivity contribution >= 4 is 32.6 Å². The van der Waals surface area contributed by atoms with E-state index in [-0.39, 0.29) is 0 Å². The van der Waals surface area contributed by atoms with Crippen LogP contribution in [0.2, 0.25) is 0 Å². The lowest BCUT2D eigenvalue weighted by molar-refractivity contribution is 0.306. The van der Waals surface area contributed by atoms with Gasteiger partial charge in [-0.2, -0.15) is 0 Å². The number of ether oxygens (including phenoxy) is 1. The normalized spacial score (nSPS) is 10.8. The van der Waals surface area contributed by atoms with Crippen LogP contribution in [0.1, 0.15) is 5.56 Å². The predicted octanol–water partition coefficient (Wildman–Crippen LogP) is 4.36. The summed E-state index contributed by atoms with van der Waals surface area (Å²) in [6.07, 6.45) is 1.71. The average molecular weight is 318 g/mol. The van der Waals surface area contributed by atoms with Gasteiger partial charge >= 0.3 is 0 Å². The van der Waals surface area contributed by atoms with Gasteiger partial charge in [-0.15, -0.1) is 0 Å². The predicted molar refractivity (Wildman–Crippen MR) is 79.1 cm³/mol. The van der Waals surface area contributed by atoms with Crippen LogP contribution in [-0.2, 0) is 6.61 Å². The molecule has 0 fully saturated rings. The number of nitrogens with two attached hydrogens (primary N) is 1. The Morgan fingerprint density at radius 1 is 1.16 bits per heavy atom. The van der Waals surface area contributed by atoms with E-state index in [1.165, 1.54) is 0 Å². The van der Waals surface area contributed by atoms with Gasteiger partial charge in [0, 0.05) is 27.2 Å². The Morgan fingerprint density at radius 2 is 2.05 bits per heavy atom. The molecule has 0 unspecified atom stereocenters. The third kappa shape index (κ3) is 2.58. The van der Waals surface area contributed by atoms with Crippen LogP contribution in [0.3, 0.4) is 0 Å². The van der Waals surface area contributed by atoms with E-state index in [1.54, 1.807) is 6.26 Å². The molecule has 0 aliphatic rings. The van der Waals surface area contributed by atoms with Crippen molar-refractivity contribution in [1.82, 2.24) is 0 Å². The summed E-state index contributed by atoms with van der Waals surface area (Å²) >= 11 is 3.42. The van der Waals surface area contributed by atoms with E-state index in [2.05, 4.69) is 15.9 Å². The van der Waals surface area contributed by atoms with Gasteiger partial charge in [0.15, 0.2) is 0 Å². The molecule has 96 valence electrons. The first-order valence-corrected chi connectivity index (χ1v) is 6.65. The van der Waals surface area contributed by atoms with Crippen molar-refractivity contribution in [3.63, 3.8) is 0 Å². The number of furan rings is 1. The minimum atomic E-state index is 0.466. The van der Waals surface area contributed by atoms with Crippen molar-refractivity contribution in [2.24, 2.45) is 0 Å². The van der Waals surface area contributed by atoms with Crippen molar-refractivity contribution < 1.29 is 9.15 Å². The molecule has 1 heterocycles. The molecule has 0 amide bonds. The summed E-state index contributed by atoms with van der Waals surface area (Å²) in [7, 11) is 0. The van der Waals surface area contributed by atoms with E-state index in [1.807, 2.05) is 42.5 Å². The molecule has 2 N–H and O–H groups in total. The van der Waals surface area contributed by atoms with E-state index in [0.29, 0.717) is 12.3 Å². The third-order valence-electron chi connectivity index (χ3n) is 2.87. The number of nitrogen functional groups attached to an aromatic ring is 1. The van der Waals surface area contributed by atoms with Crippen LogP contribution in [0, 0.1) is 0 Å². The molecule has 4 heteroatoms. The van der Waals surface area contributed by atoms with Crippen molar-refractivity contribution in [3.8, 4) is 5.75 Å². The summed E-state index contributed by atoms with van der Waals surface area (Å²) in [6, 6.07) is 13.4. The summed E-state index contributed by atoms with van der Waals surface area (Å²) < 4.78 is 12.2. The summed E-state index contributed by atoms with van der Waals surface area (Å²) in [5, 5.41) is 1.03. The first kappa shape index (κ1) is 12.1. The van der Waals surface area contributed by atoms with Gasteiger partial charge in [-0.05, 0) is 30.3 Å². The number of fused-ring (bicyclic) bond motifs is 1. The van der Waals surface area contributed by atoms with E-state index < -0.39 is 0 Å². The quantitative estimate of drug-likeness (QED) is 0.730. The zero-order valence-corrected chi connectivity index (χ0v) is 11.7. The molecule has 2 aromatic carbocycles. The first-order valence-electron chi connectivity index (χ1n) is 5.86. The number of hydrogen-bond donors (Lipinski definition) is 1. The van der Waals surface area contributed by atoms with Gasteiger partial charge in [-0.3, -0.25) is 0 Å². The lowest BCUT2D eigenvalue weighted by atomic mass is 10.2. The van der Waals surface area contributed by atoms with Crippen LogP contribution < -0.4 is 10.5 Å². The maximum Gasteiger partial charge on any atom is 0.136 e. The molecule has 3 aromatic rings. The van der Waals surface area contributed by atoms with Crippen LogP contribution >= 0.6 is 15.9 Å². The maximum absolute atomic E-state index is 5.75. The van der Waals surface area contributed by atoms with E-state index in [9.17, 15) is 0 Å². The van der Waals surface area contributed by atoms with Crippen molar-refractivity contribution in [3.05, 3.63) is 58.8 Å². The Kier molecular flexibility index (Phi) is 3.17. The van der Waals surface area contributed by atoms with Gasteiger partial charge in [0.1, 0.15) is 17.9 Å². The first-order chi connectivity index (χ1) is 9.22. The van der Waals surface area contributed by atoms with Crippen molar-refractivity contribution in [2.45, 2.75) is 6.61 Å². The zero-order chi connectivity index (χ0) is 13.2. The molecule has 3 rings (SSSR count). The summed E-state index contributed by atoms with van der Waals surface area (Å²) in [4.78, 5) is 0. The Hall–Kier alpha value is -1.94. The van der Waals surface area contributed by atoms with Crippen LogP contribution in [0.25, 0.3) is 11.0 Å². The minimum Gasteiger partial charge on any atom is -0.489 e. The molecule has 3 nitrogen and oxygen atoms in total. The van der Waals surface area contributed by atoms with E-state index >= 15 is 0 Å². The molecule has 19 heavy (non-hydrogen) atoms. The molecule has 0 saturated heterocycles. The molecular formula is C15H12BrNO2. The molecular weight excluding hydrogens is 306 g/mol. The monoisotopic (exact) mass is 317 g/mol. The lowest BCUT2D eigenvalue weighted by Gasteiger charge is -2.05. The Labute approximate surface area is 119 Å². The number of benzene rings is 2. The number of halogens is 1. The fourth-order valence-corrected chi connectivity index (χ4v) is 2.31. The molecule has 0 atom stereocenters. The smallest absolute Gasteiger partial charge is 0.136 e. The molecule has 0 aliphatic heterocycles. The second kappa shape index (κ2) is 4.97. The SMILES string of the molecule is Nc1ccc2c(COc3cccc(Br)c3)coc2c1. The number of hydrogen-bond acceptors (Lipinski definition) is 3. The van der Waals surface area contributed by atoms with Gasteiger partial charge in [0.05, 0.1) is 6.26 Å². The fraction of sp³-hybridized carbons (Fsp3) is 0.0667. The zero-order valence-electron chi connectivity index (χ0n) is 10.1. The van der Waals surface area contributed by atoms with Crippen LogP contribution in [-0.4, -0.2) is 0 Å². The number of rotatable bonds is 3. The summed E-state index contributed by atoms with van der Waals surface area (Å²) in [5.41, 5.74) is 8.21. The Bertz CT molecular complexity index is 721. The molecule has 0 aliphatic carbocycles. The molecule has 0 bridgehead atoms. The minimum absolute atomic E-state index is 0.466. The maximum atomic E-state index is 5.75. The van der Waals surface area contributed by atoms with Gasteiger partial charge in [-0.25, -0.2) is 0 Å². The van der Waals surface area contributed by atoms with Crippen LogP contribution in [0.5, 0.6) is 5.75 Å². The summed E-state index contributed by atoms with van der Waals surface area (Å²) in [6.45, 7) is 0.466. The molecule has 1 aromatic heterocycles. The van der Waals surface area contributed by atoms with Crippen LogP contribution in [0.15, 0.2) is 57.6 Å². The fourth-order valence-electron chi connectivity index (χ4n) is 1.93. The van der Waals surface area contributed by atoms with E-state index in [0.717, 1.165) is 26.8 Å². The topological polar surface area (TPSA) is 48.4 Å². The summed E-state index contributed by atoms with van der Waals surface area (Å²) in [5.74, 6) is 0.819. The standard InChI is InChI=1S/C15H12BrNO2/c16-11-2-1-3-13(6-11)18-8-10-9-19-15-7-12(17)4-5-14(10)15/h1-7,9H,8,17H2. The average Bonchev–Trinajstić information content (AvgIpc) is 2.78. The van der Waals surface area contributed by atoms with E-state index in [4.69, 9.17) is 14.9 Å². The highest BCUT2D eigenvalue weighted by Crippen LogP contribution is 2.25. The molecule has 0 spiro atoms. The Balaban J connectivity index is 1.82. The lowest BCUT2D eigenvalue weighted by Crippen LogP contribution is -1.94. The molecule has 0 radical (unpaired) electrons. The highest BCUT2D eigenvalue weighted by Gasteiger charge is 2.07. The molecule has 0 saturated carbocycles. The highest BCUT2D eigenvalue weighted by atomic mass is 79.9. The largest absolute Gasteiger partial charge is 0.489 e. The Morgan fingerprint density at radius 3 is 2.89 bits per heavy atom. The second-order valence-corrected chi connectivity index (χ2v) is 5.18. The van der Waals surface area contributed by atoms with Crippen molar-refractivity contribution in [1.29, 1.82) is 0 Å². The van der Waals surface area contributed by atoms with Gasteiger partial charge < -0.3 is 14.9 Å². The van der Waals surface area contributed by atoms with Gasteiger partial charge in [0.25, 0.3) is 0 Å². The van der Waals surface area contributed by atoms with Gasteiger partial charge in [-0.1, -0.05) is 22.0 Å². The van der Waals surface area contributed by atoms with Crippen LogP contribution in [0.4, 0.5) is 5.69 Å².